The fourth-order valence-corrected chi connectivity index (χ4v) is 1.22. The molecule has 0 aliphatic rings. The van der Waals surface area contributed by atoms with Crippen molar-refractivity contribution in [3.05, 3.63) is 48.0 Å². The Hall–Kier alpha value is -1.61. The second-order valence-corrected chi connectivity index (χ2v) is 2.79. The average molecular weight is 191 g/mol. The van der Waals surface area contributed by atoms with E-state index in [2.05, 4.69) is 16.9 Å². The minimum absolute atomic E-state index is 0.232. The van der Waals surface area contributed by atoms with Crippen LogP contribution < -0.4 is 5.48 Å². The third-order valence-electron chi connectivity index (χ3n) is 1.82. The third kappa shape index (κ3) is 2.44. The van der Waals surface area contributed by atoms with E-state index in [-0.39, 0.29) is 5.91 Å². The number of carbonyl (C=O) groups excluding carboxylic acids is 1. The molecule has 1 rings (SSSR count). The van der Waals surface area contributed by atoms with Crippen LogP contribution in [0.4, 0.5) is 0 Å². The molecular formula is C11H13NO2. The first-order valence-electron chi connectivity index (χ1n) is 4.31. The van der Waals surface area contributed by atoms with E-state index in [9.17, 15) is 4.79 Å². The lowest BCUT2D eigenvalue weighted by molar-refractivity contribution is 0.0537. The highest BCUT2D eigenvalue weighted by Gasteiger charge is 2.08. The summed E-state index contributed by atoms with van der Waals surface area (Å²) in [5, 5.41) is 0. The van der Waals surface area contributed by atoms with Gasteiger partial charge in [0, 0.05) is 5.56 Å². The molecule has 0 saturated heterocycles. The number of carbonyl (C=O) groups is 1. The third-order valence-corrected chi connectivity index (χ3v) is 1.82. The van der Waals surface area contributed by atoms with Gasteiger partial charge in [-0.15, -0.1) is 6.58 Å². The molecule has 0 atom stereocenters. The van der Waals surface area contributed by atoms with Crippen molar-refractivity contribution in [1.82, 2.24) is 5.48 Å². The standard InChI is InChI=1S/C11H13NO2/c1-3-6-9-7-4-5-8-10(9)11(13)12-14-2/h3-5,7-8H,1,6H2,2H3,(H,12,13). The lowest BCUT2D eigenvalue weighted by Gasteiger charge is -2.06. The van der Waals surface area contributed by atoms with Crippen LogP contribution in [0.5, 0.6) is 0 Å². The largest absolute Gasteiger partial charge is 0.277 e. The highest BCUT2D eigenvalue weighted by Crippen LogP contribution is 2.09. The number of nitrogens with one attached hydrogen (secondary N) is 1. The number of amides is 1. The van der Waals surface area contributed by atoms with E-state index in [1.165, 1.54) is 7.11 Å². The summed E-state index contributed by atoms with van der Waals surface area (Å²) in [7, 11) is 1.41. The Bertz CT molecular complexity index is 334. The summed E-state index contributed by atoms with van der Waals surface area (Å²) in [4.78, 5) is 16.0. The molecule has 3 heteroatoms. The Morgan fingerprint density at radius 2 is 2.29 bits per heavy atom. The molecule has 1 aromatic rings. The van der Waals surface area contributed by atoms with Gasteiger partial charge in [-0.25, -0.2) is 5.48 Å². The zero-order chi connectivity index (χ0) is 10.4. The molecule has 1 aromatic carbocycles. The van der Waals surface area contributed by atoms with Crippen molar-refractivity contribution < 1.29 is 9.63 Å². The van der Waals surface area contributed by atoms with E-state index in [1.807, 2.05) is 18.2 Å². The number of benzene rings is 1. The number of hydroxylamine groups is 1. The maximum Gasteiger partial charge on any atom is 0.275 e. The number of allylic oxidation sites excluding steroid dienone is 1. The van der Waals surface area contributed by atoms with E-state index < -0.39 is 0 Å². The number of hydrogen-bond acceptors (Lipinski definition) is 2. The molecule has 0 fully saturated rings. The van der Waals surface area contributed by atoms with Crippen LogP contribution in [0, 0.1) is 0 Å². The molecule has 0 aliphatic heterocycles. The Balaban J connectivity index is 2.93. The highest BCUT2D eigenvalue weighted by molar-refractivity contribution is 5.95. The minimum Gasteiger partial charge on any atom is -0.277 e. The van der Waals surface area contributed by atoms with Gasteiger partial charge in [0.1, 0.15) is 0 Å². The normalized spacial score (nSPS) is 9.50. The van der Waals surface area contributed by atoms with Crippen LogP contribution in [0.3, 0.4) is 0 Å². The second-order valence-electron chi connectivity index (χ2n) is 2.79. The van der Waals surface area contributed by atoms with E-state index in [1.54, 1.807) is 12.1 Å². The van der Waals surface area contributed by atoms with Crippen molar-refractivity contribution >= 4 is 5.91 Å². The predicted molar refractivity (Wildman–Crippen MR) is 54.8 cm³/mol. The Morgan fingerprint density at radius 3 is 2.93 bits per heavy atom. The molecule has 1 amide bonds. The van der Waals surface area contributed by atoms with Crippen LogP contribution >= 0.6 is 0 Å². The van der Waals surface area contributed by atoms with Crippen molar-refractivity contribution in [3.8, 4) is 0 Å². The molecule has 0 heterocycles. The molecule has 3 nitrogen and oxygen atoms in total. The Morgan fingerprint density at radius 1 is 1.57 bits per heavy atom. The molecular weight excluding hydrogens is 178 g/mol. The van der Waals surface area contributed by atoms with E-state index in [0.29, 0.717) is 12.0 Å². The average Bonchev–Trinajstić information content (AvgIpc) is 2.19. The fourth-order valence-electron chi connectivity index (χ4n) is 1.22. The van der Waals surface area contributed by atoms with Crippen molar-refractivity contribution in [1.29, 1.82) is 0 Å². The van der Waals surface area contributed by atoms with Crippen LogP contribution in [0.25, 0.3) is 0 Å². The van der Waals surface area contributed by atoms with Gasteiger partial charge in [-0.1, -0.05) is 24.3 Å². The monoisotopic (exact) mass is 191 g/mol. The van der Waals surface area contributed by atoms with Gasteiger partial charge in [0.05, 0.1) is 7.11 Å². The van der Waals surface area contributed by atoms with E-state index >= 15 is 0 Å². The zero-order valence-corrected chi connectivity index (χ0v) is 8.12. The van der Waals surface area contributed by atoms with Crippen LogP contribution in [-0.2, 0) is 11.3 Å². The smallest absolute Gasteiger partial charge is 0.275 e. The summed E-state index contributed by atoms with van der Waals surface area (Å²) in [5.74, 6) is -0.232. The minimum atomic E-state index is -0.232. The fraction of sp³-hybridized carbons (Fsp3) is 0.182. The van der Waals surface area contributed by atoms with Gasteiger partial charge >= 0.3 is 0 Å². The maximum atomic E-state index is 11.5. The first-order valence-corrected chi connectivity index (χ1v) is 4.31. The van der Waals surface area contributed by atoms with Gasteiger partial charge in [0.25, 0.3) is 5.91 Å². The molecule has 0 aliphatic carbocycles. The van der Waals surface area contributed by atoms with Crippen LogP contribution in [-0.4, -0.2) is 13.0 Å². The summed E-state index contributed by atoms with van der Waals surface area (Å²) < 4.78 is 0. The molecule has 0 saturated carbocycles. The van der Waals surface area contributed by atoms with Crippen molar-refractivity contribution in [3.63, 3.8) is 0 Å². The summed E-state index contributed by atoms with van der Waals surface area (Å²) in [6, 6.07) is 7.36. The van der Waals surface area contributed by atoms with E-state index in [4.69, 9.17) is 0 Å². The Labute approximate surface area is 83.3 Å². The molecule has 0 aromatic heterocycles. The second kappa shape index (κ2) is 5.19. The molecule has 0 bridgehead atoms. The topological polar surface area (TPSA) is 38.3 Å². The highest BCUT2D eigenvalue weighted by atomic mass is 16.6. The molecule has 0 spiro atoms. The van der Waals surface area contributed by atoms with Gasteiger partial charge in [0.15, 0.2) is 0 Å². The van der Waals surface area contributed by atoms with Crippen LogP contribution in [0.2, 0.25) is 0 Å². The van der Waals surface area contributed by atoms with Crippen molar-refractivity contribution in [2.45, 2.75) is 6.42 Å². The lowest BCUT2D eigenvalue weighted by atomic mass is 10.0. The molecule has 0 unspecified atom stereocenters. The van der Waals surface area contributed by atoms with Gasteiger partial charge in [-0.2, -0.15) is 0 Å². The quantitative estimate of drug-likeness (QED) is 0.581. The SMILES string of the molecule is C=CCc1ccccc1C(=O)NOC. The Kier molecular flexibility index (Phi) is 3.88. The first-order chi connectivity index (χ1) is 6.79. The number of rotatable bonds is 4. The van der Waals surface area contributed by atoms with Gasteiger partial charge in [-0.05, 0) is 18.1 Å². The van der Waals surface area contributed by atoms with Gasteiger partial charge < -0.3 is 0 Å². The maximum absolute atomic E-state index is 11.5. The van der Waals surface area contributed by atoms with Gasteiger partial charge in [0.2, 0.25) is 0 Å². The van der Waals surface area contributed by atoms with Crippen molar-refractivity contribution in [2.75, 3.05) is 7.11 Å². The molecule has 1 N–H and O–H groups in total. The van der Waals surface area contributed by atoms with Crippen LogP contribution in [0.1, 0.15) is 15.9 Å². The van der Waals surface area contributed by atoms with Gasteiger partial charge in [-0.3, -0.25) is 9.63 Å². The molecule has 14 heavy (non-hydrogen) atoms. The van der Waals surface area contributed by atoms with Crippen molar-refractivity contribution in [2.24, 2.45) is 0 Å². The van der Waals surface area contributed by atoms with E-state index in [0.717, 1.165) is 5.56 Å². The number of hydrogen-bond donors (Lipinski definition) is 1. The molecule has 0 radical (unpaired) electrons. The summed E-state index contributed by atoms with van der Waals surface area (Å²) in [6.07, 6.45) is 2.44. The van der Waals surface area contributed by atoms with Crippen LogP contribution in [0.15, 0.2) is 36.9 Å². The summed E-state index contributed by atoms with van der Waals surface area (Å²) in [5.41, 5.74) is 3.85. The molecule has 74 valence electrons. The zero-order valence-electron chi connectivity index (χ0n) is 8.12. The predicted octanol–water partition coefficient (Wildman–Crippen LogP) is 1.71. The lowest BCUT2D eigenvalue weighted by Crippen LogP contribution is -2.22. The summed E-state index contributed by atoms with van der Waals surface area (Å²) >= 11 is 0. The summed E-state index contributed by atoms with van der Waals surface area (Å²) in [6.45, 7) is 3.64. The first kappa shape index (κ1) is 10.5.